The van der Waals surface area contributed by atoms with Crippen molar-refractivity contribution in [3.05, 3.63) is 65.7 Å². The Kier molecular flexibility index (Phi) is 4.70. The molecule has 4 rings (SSSR count). The lowest BCUT2D eigenvalue weighted by Crippen LogP contribution is -1.95. The first-order valence-electron chi connectivity index (χ1n) is 9.11. The summed E-state index contributed by atoms with van der Waals surface area (Å²) in [5.41, 5.74) is 4.58. The molecule has 0 saturated heterocycles. The van der Waals surface area contributed by atoms with E-state index in [1.54, 1.807) is 21.3 Å². The molecule has 0 atom stereocenters. The zero-order valence-electron chi connectivity index (χ0n) is 16.5. The number of benzene rings is 3. The summed E-state index contributed by atoms with van der Waals surface area (Å²) >= 11 is 0. The van der Waals surface area contributed by atoms with Crippen molar-refractivity contribution in [1.82, 2.24) is 4.57 Å². The molecule has 4 nitrogen and oxygen atoms in total. The molecule has 0 unspecified atom stereocenters. The van der Waals surface area contributed by atoms with Crippen LogP contribution in [0.25, 0.3) is 34.0 Å². The van der Waals surface area contributed by atoms with Gasteiger partial charge in [-0.1, -0.05) is 36.4 Å². The van der Waals surface area contributed by atoms with Crippen molar-refractivity contribution in [2.24, 2.45) is 7.05 Å². The molecule has 28 heavy (non-hydrogen) atoms. The SMILES string of the molecule is COc1cc(/C=C\c2ccc3c(c2)c2ccccc2n3C)cc(OC)c1OC. The first-order valence-corrected chi connectivity index (χ1v) is 9.11. The number of para-hydroxylation sites is 1. The third-order valence-corrected chi connectivity index (χ3v) is 5.09. The molecule has 1 heterocycles. The van der Waals surface area contributed by atoms with Crippen LogP contribution in [0.3, 0.4) is 0 Å². The van der Waals surface area contributed by atoms with E-state index in [2.05, 4.69) is 66.2 Å². The van der Waals surface area contributed by atoms with Crippen molar-refractivity contribution in [3.63, 3.8) is 0 Å². The van der Waals surface area contributed by atoms with E-state index in [0.717, 1.165) is 11.1 Å². The first-order chi connectivity index (χ1) is 13.7. The smallest absolute Gasteiger partial charge is 0.203 e. The summed E-state index contributed by atoms with van der Waals surface area (Å²) < 4.78 is 18.5. The average molecular weight is 373 g/mol. The predicted octanol–water partition coefficient (Wildman–Crippen LogP) is 5.53. The molecule has 0 aliphatic heterocycles. The highest BCUT2D eigenvalue weighted by Gasteiger charge is 2.12. The Morgan fingerprint density at radius 1 is 0.679 bits per heavy atom. The van der Waals surface area contributed by atoms with Gasteiger partial charge in [0.2, 0.25) is 5.75 Å². The maximum Gasteiger partial charge on any atom is 0.203 e. The molecule has 0 fully saturated rings. The summed E-state index contributed by atoms with van der Waals surface area (Å²) in [5.74, 6) is 1.89. The molecule has 4 heteroatoms. The number of fused-ring (bicyclic) bond motifs is 3. The van der Waals surface area contributed by atoms with Crippen LogP contribution in [0, 0.1) is 0 Å². The van der Waals surface area contributed by atoms with Crippen LogP contribution in [0.5, 0.6) is 17.2 Å². The molecular formula is C24H23NO3. The fourth-order valence-electron chi connectivity index (χ4n) is 3.68. The van der Waals surface area contributed by atoms with Crippen molar-refractivity contribution in [3.8, 4) is 17.2 Å². The van der Waals surface area contributed by atoms with E-state index in [1.165, 1.54) is 21.8 Å². The highest BCUT2D eigenvalue weighted by Crippen LogP contribution is 2.38. The summed E-state index contributed by atoms with van der Waals surface area (Å²) in [6.07, 6.45) is 4.15. The molecule has 0 aliphatic rings. The molecule has 3 aromatic carbocycles. The number of hydrogen-bond donors (Lipinski definition) is 0. The molecule has 0 spiro atoms. The maximum absolute atomic E-state index is 5.44. The van der Waals surface area contributed by atoms with Gasteiger partial charge in [-0.15, -0.1) is 0 Å². The molecule has 0 N–H and O–H groups in total. The zero-order valence-corrected chi connectivity index (χ0v) is 16.5. The van der Waals surface area contributed by atoms with Gasteiger partial charge in [-0.05, 0) is 41.5 Å². The minimum atomic E-state index is 0.597. The number of nitrogens with zero attached hydrogens (tertiary/aromatic N) is 1. The third-order valence-electron chi connectivity index (χ3n) is 5.09. The van der Waals surface area contributed by atoms with Gasteiger partial charge < -0.3 is 18.8 Å². The molecule has 1 aromatic heterocycles. The van der Waals surface area contributed by atoms with Gasteiger partial charge in [-0.25, -0.2) is 0 Å². The largest absolute Gasteiger partial charge is 0.493 e. The lowest BCUT2D eigenvalue weighted by molar-refractivity contribution is 0.324. The highest BCUT2D eigenvalue weighted by molar-refractivity contribution is 6.08. The van der Waals surface area contributed by atoms with Crippen LogP contribution in [0.4, 0.5) is 0 Å². The van der Waals surface area contributed by atoms with Gasteiger partial charge in [0.25, 0.3) is 0 Å². The normalized spacial score (nSPS) is 11.4. The molecule has 142 valence electrons. The van der Waals surface area contributed by atoms with Crippen LogP contribution in [-0.2, 0) is 7.05 Å². The second-order valence-electron chi connectivity index (χ2n) is 6.64. The molecule has 0 bridgehead atoms. The lowest BCUT2D eigenvalue weighted by Gasteiger charge is -2.12. The van der Waals surface area contributed by atoms with Crippen molar-refractivity contribution in [1.29, 1.82) is 0 Å². The van der Waals surface area contributed by atoms with Crippen LogP contribution in [0.15, 0.2) is 54.6 Å². The summed E-state index contributed by atoms with van der Waals surface area (Å²) in [4.78, 5) is 0. The second-order valence-corrected chi connectivity index (χ2v) is 6.64. The number of rotatable bonds is 5. The zero-order chi connectivity index (χ0) is 19.7. The molecular weight excluding hydrogens is 350 g/mol. The Balaban J connectivity index is 1.76. The van der Waals surface area contributed by atoms with Gasteiger partial charge in [0, 0.05) is 28.9 Å². The Bertz CT molecular complexity index is 1160. The number of ether oxygens (including phenoxy) is 3. The molecule has 0 amide bonds. The Labute approximate surface area is 164 Å². The Morgan fingerprint density at radius 3 is 2.00 bits per heavy atom. The topological polar surface area (TPSA) is 32.6 Å². The first kappa shape index (κ1) is 18.0. The van der Waals surface area contributed by atoms with Crippen molar-refractivity contribution >= 4 is 34.0 Å². The van der Waals surface area contributed by atoms with E-state index in [0.29, 0.717) is 17.2 Å². The quantitative estimate of drug-likeness (QED) is 0.431. The van der Waals surface area contributed by atoms with Crippen molar-refractivity contribution in [2.45, 2.75) is 0 Å². The maximum atomic E-state index is 5.44. The molecule has 0 saturated carbocycles. The standard InChI is InChI=1S/C24H23NO3/c1-25-20-8-6-5-7-18(20)19-13-16(11-12-21(19)25)9-10-17-14-22(26-2)24(28-4)23(15-17)27-3/h5-15H,1-4H3/b10-9-. The monoisotopic (exact) mass is 373 g/mol. The van der Waals surface area contributed by atoms with Crippen LogP contribution in [-0.4, -0.2) is 25.9 Å². The van der Waals surface area contributed by atoms with Gasteiger partial charge in [0.05, 0.1) is 21.3 Å². The van der Waals surface area contributed by atoms with Crippen LogP contribution < -0.4 is 14.2 Å². The fraction of sp³-hybridized carbons (Fsp3) is 0.167. The Morgan fingerprint density at radius 2 is 1.32 bits per heavy atom. The lowest BCUT2D eigenvalue weighted by atomic mass is 10.1. The van der Waals surface area contributed by atoms with E-state index < -0.39 is 0 Å². The van der Waals surface area contributed by atoms with Crippen LogP contribution in [0.2, 0.25) is 0 Å². The van der Waals surface area contributed by atoms with E-state index >= 15 is 0 Å². The van der Waals surface area contributed by atoms with Crippen molar-refractivity contribution in [2.75, 3.05) is 21.3 Å². The molecule has 0 radical (unpaired) electrons. The van der Waals surface area contributed by atoms with Gasteiger partial charge >= 0.3 is 0 Å². The molecule has 0 aliphatic carbocycles. The number of aromatic nitrogens is 1. The van der Waals surface area contributed by atoms with Gasteiger partial charge in [-0.2, -0.15) is 0 Å². The van der Waals surface area contributed by atoms with Crippen LogP contribution in [0.1, 0.15) is 11.1 Å². The average Bonchev–Trinajstić information content (AvgIpc) is 3.03. The second kappa shape index (κ2) is 7.31. The van der Waals surface area contributed by atoms with Gasteiger partial charge in [-0.3, -0.25) is 0 Å². The summed E-state index contributed by atoms with van der Waals surface area (Å²) in [7, 11) is 6.96. The van der Waals surface area contributed by atoms with Crippen molar-refractivity contribution < 1.29 is 14.2 Å². The van der Waals surface area contributed by atoms with E-state index in [-0.39, 0.29) is 0 Å². The minimum Gasteiger partial charge on any atom is -0.493 e. The number of methoxy groups -OCH3 is 3. The number of aryl methyl sites for hydroxylation is 1. The van der Waals surface area contributed by atoms with Gasteiger partial charge in [0.1, 0.15) is 0 Å². The van der Waals surface area contributed by atoms with E-state index in [1.807, 2.05) is 12.1 Å². The summed E-state index contributed by atoms with van der Waals surface area (Å²) in [6, 6.07) is 18.9. The number of hydrogen-bond acceptors (Lipinski definition) is 3. The Hall–Kier alpha value is -3.40. The minimum absolute atomic E-state index is 0.597. The fourth-order valence-corrected chi connectivity index (χ4v) is 3.68. The molecule has 4 aromatic rings. The predicted molar refractivity (Wildman–Crippen MR) is 115 cm³/mol. The highest BCUT2D eigenvalue weighted by atomic mass is 16.5. The summed E-state index contributed by atoms with van der Waals surface area (Å²) in [6.45, 7) is 0. The van der Waals surface area contributed by atoms with Gasteiger partial charge in [0.15, 0.2) is 11.5 Å². The third kappa shape index (κ3) is 2.97. The van der Waals surface area contributed by atoms with Crippen LogP contribution >= 0.6 is 0 Å². The van der Waals surface area contributed by atoms with E-state index in [9.17, 15) is 0 Å². The van der Waals surface area contributed by atoms with E-state index in [4.69, 9.17) is 14.2 Å². The summed E-state index contributed by atoms with van der Waals surface area (Å²) in [5, 5.41) is 2.52.